The Hall–Kier alpha value is -0.0800. The zero-order chi connectivity index (χ0) is 7.84. The Morgan fingerprint density at radius 2 is 2.00 bits per heavy atom. The van der Waals surface area contributed by atoms with Gasteiger partial charge in [0, 0.05) is 12.1 Å². The van der Waals surface area contributed by atoms with Gasteiger partial charge in [0.2, 0.25) is 0 Å². The van der Waals surface area contributed by atoms with Crippen LogP contribution in [0, 0.1) is 0 Å². The fourth-order valence-electron chi connectivity index (χ4n) is 2.07. The van der Waals surface area contributed by atoms with E-state index in [1.807, 2.05) is 0 Å². The van der Waals surface area contributed by atoms with Crippen LogP contribution < -0.4 is 0 Å². The molecule has 0 amide bonds. The van der Waals surface area contributed by atoms with E-state index in [1.54, 1.807) is 0 Å². The maximum absolute atomic E-state index is 9.58. The van der Waals surface area contributed by atoms with Gasteiger partial charge in [-0.2, -0.15) is 0 Å². The molecule has 2 unspecified atom stereocenters. The minimum atomic E-state index is -0.0654. The molecule has 2 rings (SSSR count). The third-order valence-electron chi connectivity index (χ3n) is 3.01. The lowest BCUT2D eigenvalue weighted by Gasteiger charge is -2.36. The fraction of sp³-hybridized carbons (Fsp3) is 1.00. The Labute approximate surface area is 68.2 Å². The van der Waals surface area contributed by atoms with Gasteiger partial charge in [0.25, 0.3) is 0 Å². The normalized spacial score (nSPS) is 40.9. The van der Waals surface area contributed by atoms with Gasteiger partial charge in [-0.05, 0) is 39.2 Å². The Morgan fingerprint density at radius 1 is 1.27 bits per heavy atom. The van der Waals surface area contributed by atoms with Gasteiger partial charge in [0.05, 0.1) is 6.10 Å². The molecule has 0 spiro atoms. The predicted octanol–water partition coefficient (Wildman–Crippen LogP) is 0.994. The van der Waals surface area contributed by atoms with Crippen LogP contribution in [0.5, 0.6) is 0 Å². The predicted molar refractivity (Wildman–Crippen MR) is 44.4 cm³/mol. The molecular weight excluding hydrogens is 138 g/mol. The first kappa shape index (κ1) is 7.56. The summed E-state index contributed by atoms with van der Waals surface area (Å²) in [5, 5.41) is 9.58. The molecule has 1 heterocycles. The molecule has 1 saturated heterocycles. The van der Waals surface area contributed by atoms with Gasteiger partial charge in [-0.3, -0.25) is 4.90 Å². The van der Waals surface area contributed by atoms with Crippen LogP contribution in [0.15, 0.2) is 0 Å². The lowest BCUT2D eigenvalue weighted by molar-refractivity contribution is 0.0155. The highest BCUT2D eigenvalue weighted by Crippen LogP contribution is 2.32. The van der Waals surface area contributed by atoms with Crippen LogP contribution in [0.2, 0.25) is 0 Å². The summed E-state index contributed by atoms with van der Waals surface area (Å²) < 4.78 is 0. The third-order valence-corrected chi connectivity index (χ3v) is 3.01. The van der Waals surface area contributed by atoms with E-state index in [-0.39, 0.29) is 6.10 Å². The average molecular weight is 155 g/mol. The molecule has 1 aliphatic heterocycles. The van der Waals surface area contributed by atoms with E-state index in [0.717, 1.165) is 12.5 Å². The fourth-order valence-corrected chi connectivity index (χ4v) is 2.07. The van der Waals surface area contributed by atoms with E-state index in [4.69, 9.17) is 0 Å². The second kappa shape index (κ2) is 2.76. The molecule has 1 aliphatic carbocycles. The maximum Gasteiger partial charge on any atom is 0.0693 e. The summed E-state index contributed by atoms with van der Waals surface area (Å²) in [5.74, 6) is 0. The lowest BCUT2D eigenvalue weighted by Crippen LogP contribution is -2.47. The quantitative estimate of drug-likeness (QED) is 0.610. The van der Waals surface area contributed by atoms with Crippen molar-refractivity contribution in [1.29, 1.82) is 0 Å². The molecule has 64 valence electrons. The molecule has 2 fully saturated rings. The van der Waals surface area contributed by atoms with E-state index in [2.05, 4.69) is 11.8 Å². The molecule has 0 aromatic heterocycles. The number of piperidine rings is 1. The van der Waals surface area contributed by atoms with Gasteiger partial charge in [-0.25, -0.2) is 0 Å². The number of likely N-dealkylation sites (tertiary alicyclic amines) is 1. The molecule has 2 atom stereocenters. The summed E-state index contributed by atoms with van der Waals surface area (Å²) in [6, 6.07) is 1.23. The highest BCUT2D eigenvalue weighted by Gasteiger charge is 2.36. The van der Waals surface area contributed by atoms with Crippen molar-refractivity contribution < 1.29 is 5.11 Å². The van der Waals surface area contributed by atoms with E-state index in [0.29, 0.717) is 6.04 Å². The van der Waals surface area contributed by atoms with Gasteiger partial charge in [-0.1, -0.05) is 0 Å². The highest BCUT2D eigenvalue weighted by atomic mass is 16.3. The van der Waals surface area contributed by atoms with Gasteiger partial charge >= 0.3 is 0 Å². The molecule has 2 heteroatoms. The summed E-state index contributed by atoms with van der Waals surface area (Å²) >= 11 is 0. The van der Waals surface area contributed by atoms with Crippen molar-refractivity contribution >= 4 is 0 Å². The second-order valence-electron chi connectivity index (χ2n) is 3.92. The van der Waals surface area contributed by atoms with Crippen molar-refractivity contribution in [2.45, 2.75) is 50.8 Å². The highest BCUT2D eigenvalue weighted by molar-refractivity contribution is 4.92. The molecule has 0 bridgehead atoms. The van der Waals surface area contributed by atoms with E-state index >= 15 is 0 Å². The topological polar surface area (TPSA) is 23.5 Å². The molecule has 1 N–H and O–H groups in total. The van der Waals surface area contributed by atoms with Crippen LogP contribution in [0.25, 0.3) is 0 Å². The number of aliphatic hydroxyl groups excluding tert-OH is 1. The first-order valence-electron chi connectivity index (χ1n) is 4.73. The lowest BCUT2D eigenvalue weighted by atomic mass is 10.0. The number of aliphatic hydroxyl groups is 1. The summed E-state index contributed by atoms with van der Waals surface area (Å²) in [6.45, 7) is 3.37. The number of rotatable bonds is 1. The van der Waals surface area contributed by atoms with Crippen LogP contribution in [-0.2, 0) is 0 Å². The first-order valence-corrected chi connectivity index (χ1v) is 4.73. The molecule has 0 aromatic carbocycles. The zero-order valence-corrected chi connectivity index (χ0v) is 7.16. The van der Waals surface area contributed by atoms with Crippen molar-refractivity contribution in [1.82, 2.24) is 4.90 Å². The Kier molecular flexibility index (Phi) is 1.90. The minimum absolute atomic E-state index is 0.0654. The van der Waals surface area contributed by atoms with Gasteiger partial charge in [0.15, 0.2) is 0 Å². The monoisotopic (exact) mass is 155 g/mol. The van der Waals surface area contributed by atoms with Crippen molar-refractivity contribution in [3.05, 3.63) is 0 Å². The molecule has 0 radical (unpaired) electrons. The van der Waals surface area contributed by atoms with Crippen LogP contribution in [-0.4, -0.2) is 34.7 Å². The van der Waals surface area contributed by atoms with Crippen LogP contribution >= 0.6 is 0 Å². The van der Waals surface area contributed by atoms with Gasteiger partial charge in [0.1, 0.15) is 0 Å². The van der Waals surface area contributed by atoms with Crippen LogP contribution in [0.3, 0.4) is 0 Å². The minimum Gasteiger partial charge on any atom is -0.392 e. The molecule has 2 aliphatic rings. The smallest absolute Gasteiger partial charge is 0.0693 e. The average Bonchev–Trinajstić information content (AvgIpc) is 2.77. The summed E-state index contributed by atoms with van der Waals surface area (Å²) in [6.07, 6.45) is 4.84. The SMILES string of the molecule is CC1C(O)CCCN1C1CC1. The number of hydrogen-bond acceptors (Lipinski definition) is 2. The summed E-state index contributed by atoms with van der Waals surface area (Å²) in [5.41, 5.74) is 0. The summed E-state index contributed by atoms with van der Waals surface area (Å²) in [4.78, 5) is 2.48. The van der Waals surface area contributed by atoms with Gasteiger partial charge < -0.3 is 5.11 Å². The van der Waals surface area contributed by atoms with E-state index in [9.17, 15) is 5.11 Å². The Balaban J connectivity index is 1.95. The largest absolute Gasteiger partial charge is 0.392 e. The van der Waals surface area contributed by atoms with Crippen molar-refractivity contribution in [2.75, 3.05) is 6.54 Å². The van der Waals surface area contributed by atoms with Crippen molar-refractivity contribution in [3.8, 4) is 0 Å². The molecular formula is C9H17NO. The van der Waals surface area contributed by atoms with Crippen LogP contribution in [0.4, 0.5) is 0 Å². The first-order chi connectivity index (χ1) is 5.29. The maximum atomic E-state index is 9.58. The van der Waals surface area contributed by atoms with Crippen molar-refractivity contribution in [3.63, 3.8) is 0 Å². The zero-order valence-electron chi connectivity index (χ0n) is 7.16. The van der Waals surface area contributed by atoms with Gasteiger partial charge in [-0.15, -0.1) is 0 Å². The number of nitrogens with zero attached hydrogens (tertiary/aromatic N) is 1. The second-order valence-corrected chi connectivity index (χ2v) is 3.92. The van der Waals surface area contributed by atoms with E-state index < -0.39 is 0 Å². The van der Waals surface area contributed by atoms with E-state index in [1.165, 1.54) is 25.8 Å². The van der Waals surface area contributed by atoms with Crippen molar-refractivity contribution in [2.24, 2.45) is 0 Å². The summed E-state index contributed by atoms with van der Waals surface area (Å²) in [7, 11) is 0. The molecule has 0 aromatic rings. The molecule has 1 saturated carbocycles. The standard InChI is InChI=1S/C9H17NO/c1-7-9(11)3-2-6-10(7)8-4-5-8/h7-9,11H,2-6H2,1H3. The number of hydrogen-bond donors (Lipinski definition) is 1. The third kappa shape index (κ3) is 1.42. The Bertz CT molecular complexity index is 144. The molecule has 2 nitrogen and oxygen atoms in total. The Morgan fingerprint density at radius 3 is 2.64 bits per heavy atom. The molecule has 11 heavy (non-hydrogen) atoms. The van der Waals surface area contributed by atoms with Crippen LogP contribution in [0.1, 0.15) is 32.6 Å².